The summed E-state index contributed by atoms with van der Waals surface area (Å²) >= 11 is 0. The lowest BCUT2D eigenvalue weighted by Crippen LogP contribution is -2.32. The maximum Gasteiger partial charge on any atom is 0.269 e. The highest BCUT2D eigenvalue weighted by atomic mass is 16.1. The van der Waals surface area contributed by atoms with Crippen molar-refractivity contribution in [3.63, 3.8) is 0 Å². The van der Waals surface area contributed by atoms with Crippen LogP contribution in [0.5, 0.6) is 0 Å². The highest BCUT2D eigenvalue weighted by Gasteiger charge is 2.10. The molecule has 1 heterocycles. The summed E-state index contributed by atoms with van der Waals surface area (Å²) in [6.45, 7) is 3.58. The molecule has 1 rings (SSSR count). The number of hydrazone groups is 1. The van der Waals surface area contributed by atoms with Crippen LogP contribution in [0.1, 0.15) is 16.8 Å². The van der Waals surface area contributed by atoms with E-state index in [9.17, 15) is 4.79 Å². The molecule has 0 aliphatic rings. The van der Waals surface area contributed by atoms with Crippen molar-refractivity contribution in [1.82, 2.24) is 4.57 Å². The van der Waals surface area contributed by atoms with Crippen molar-refractivity contribution in [2.24, 2.45) is 16.7 Å². The predicted molar refractivity (Wildman–Crippen MR) is 60.7 cm³/mol. The average molecular weight is 219 g/mol. The zero-order valence-electron chi connectivity index (χ0n) is 9.19. The van der Waals surface area contributed by atoms with Gasteiger partial charge in [0.05, 0.1) is 6.54 Å². The Morgan fingerprint density at radius 1 is 1.62 bits per heavy atom. The standard InChI is InChI=1S/C10H13N5O/c1-6-3-7(2)15(5-9(12)14-13)10(16)8(6)4-11/h3H,5,13H2,1-2H3,(H2,12,14). The lowest BCUT2D eigenvalue weighted by Gasteiger charge is -2.10. The summed E-state index contributed by atoms with van der Waals surface area (Å²) in [5, 5.41) is 12.2. The second-order valence-corrected chi connectivity index (χ2v) is 3.47. The van der Waals surface area contributed by atoms with Crippen molar-refractivity contribution in [2.45, 2.75) is 20.4 Å². The quantitative estimate of drug-likeness (QED) is 0.304. The lowest BCUT2D eigenvalue weighted by atomic mass is 10.1. The lowest BCUT2D eigenvalue weighted by molar-refractivity contribution is 0.757. The normalized spacial score (nSPS) is 11.2. The van der Waals surface area contributed by atoms with Gasteiger partial charge in [-0.1, -0.05) is 0 Å². The molecule has 0 saturated heterocycles. The number of hydrogen-bond donors (Lipinski definition) is 2. The molecule has 16 heavy (non-hydrogen) atoms. The van der Waals surface area contributed by atoms with Crippen molar-refractivity contribution in [3.05, 3.63) is 33.2 Å². The minimum Gasteiger partial charge on any atom is -0.384 e. The highest BCUT2D eigenvalue weighted by Crippen LogP contribution is 2.04. The Kier molecular flexibility index (Phi) is 3.30. The maximum atomic E-state index is 11.9. The van der Waals surface area contributed by atoms with E-state index in [2.05, 4.69) is 5.10 Å². The van der Waals surface area contributed by atoms with Crippen LogP contribution in [-0.2, 0) is 6.54 Å². The molecule has 0 amide bonds. The van der Waals surface area contributed by atoms with E-state index >= 15 is 0 Å². The monoisotopic (exact) mass is 219 g/mol. The van der Waals surface area contributed by atoms with Crippen molar-refractivity contribution in [1.29, 1.82) is 5.26 Å². The third kappa shape index (κ3) is 2.03. The van der Waals surface area contributed by atoms with Gasteiger partial charge in [0.2, 0.25) is 0 Å². The number of nitrogens with zero attached hydrogens (tertiary/aromatic N) is 3. The molecule has 6 nitrogen and oxygen atoms in total. The largest absolute Gasteiger partial charge is 0.384 e. The molecule has 6 heteroatoms. The van der Waals surface area contributed by atoms with Crippen LogP contribution in [0.25, 0.3) is 0 Å². The van der Waals surface area contributed by atoms with E-state index in [1.165, 1.54) is 4.57 Å². The summed E-state index contributed by atoms with van der Waals surface area (Å²) in [7, 11) is 0. The van der Waals surface area contributed by atoms with Crippen LogP contribution in [0.2, 0.25) is 0 Å². The molecular formula is C10H13N5O. The first-order chi connectivity index (χ1) is 7.51. The van der Waals surface area contributed by atoms with Crippen LogP contribution in [0.15, 0.2) is 16.0 Å². The number of amidine groups is 1. The van der Waals surface area contributed by atoms with Crippen molar-refractivity contribution in [3.8, 4) is 6.07 Å². The van der Waals surface area contributed by atoms with E-state index in [0.717, 1.165) is 0 Å². The third-order valence-electron chi connectivity index (χ3n) is 2.30. The smallest absolute Gasteiger partial charge is 0.269 e. The second-order valence-electron chi connectivity index (χ2n) is 3.47. The van der Waals surface area contributed by atoms with Gasteiger partial charge in [-0.15, -0.1) is 0 Å². The van der Waals surface area contributed by atoms with Crippen molar-refractivity contribution in [2.75, 3.05) is 0 Å². The Hall–Kier alpha value is -2.29. The molecule has 0 bridgehead atoms. The van der Waals surface area contributed by atoms with Gasteiger partial charge in [0, 0.05) is 5.69 Å². The zero-order chi connectivity index (χ0) is 12.3. The van der Waals surface area contributed by atoms with Gasteiger partial charge in [0.1, 0.15) is 17.5 Å². The molecule has 0 aliphatic carbocycles. The van der Waals surface area contributed by atoms with Gasteiger partial charge in [-0.2, -0.15) is 10.4 Å². The Bertz CT molecular complexity index is 535. The fraction of sp³-hybridized carbons (Fsp3) is 0.300. The molecular weight excluding hydrogens is 206 g/mol. The van der Waals surface area contributed by atoms with E-state index in [-0.39, 0.29) is 23.5 Å². The molecule has 4 N–H and O–H groups in total. The summed E-state index contributed by atoms with van der Waals surface area (Å²) in [6, 6.07) is 3.63. The molecule has 0 aromatic carbocycles. The van der Waals surface area contributed by atoms with Crippen molar-refractivity contribution >= 4 is 5.84 Å². The van der Waals surface area contributed by atoms with Gasteiger partial charge in [0.25, 0.3) is 5.56 Å². The number of aryl methyl sites for hydroxylation is 2. The SMILES string of the molecule is Cc1cc(C)n(C/C(N)=N/N)c(=O)c1C#N. The van der Waals surface area contributed by atoms with Gasteiger partial charge >= 0.3 is 0 Å². The third-order valence-corrected chi connectivity index (χ3v) is 2.30. The van der Waals surface area contributed by atoms with Gasteiger partial charge in [-0.3, -0.25) is 4.79 Å². The Labute approximate surface area is 92.8 Å². The number of aromatic nitrogens is 1. The van der Waals surface area contributed by atoms with Gasteiger partial charge < -0.3 is 16.1 Å². The summed E-state index contributed by atoms with van der Waals surface area (Å²) in [5.74, 6) is 5.14. The van der Waals surface area contributed by atoms with Crippen LogP contribution < -0.4 is 17.1 Å². The maximum absolute atomic E-state index is 11.9. The topological polar surface area (TPSA) is 110 Å². The van der Waals surface area contributed by atoms with Gasteiger partial charge in [-0.05, 0) is 25.5 Å². The van der Waals surface area contributed by atoms with Gasteiger partial charge in [0.15, 0.2) is 0 Å². The number of nitrogens with two attached hydrogens (primary N) is 2. The first-order valence-electron chi connectivity index (χ1n) is 4.64. The molecule has 1 aromatic heterocycles. The van der Waals surface area contributed by atoms with E-state index in [0.29, 0.717) is 11.3 Å². The summed E-state index contributed by atoms with van der Waals surface area (Å²) in [5.41, 5.74) is 6.58. The molecule has 1 aromatic rings. The van der Waals surface area contributed by atoms with E-state index in [4.69, 9.17) is 16.8 Å². The number of pyridine rings is 1. The molecule has 0 aliphatic heterocycles. The molecule has 0 saturated carbocycles. The van der Waals surface area contributed by atoms with Crippen LogP contribution in [0.4, 0.5) is 0 Å². The molecule has 0 fully saturated rings. The average Bonchev–Trinajstić information content (AvgIpc) is 2.24. The molecule has 0 spiro atoms. The molecule has 84 valence electrons. The van der Waals surface area contributed by atoms with E-state index < -0.39 is 0 Å². The highest BCUT2D eigenvalue weighted by molar-refractivity contribution is 5.79. The molecule has 0 radical (unpaired) electrons. The number of hydrogen-bond acceptors (Lipinski definition) is 4. The Morgan fingerprint density at radius 3 is 2.75 bits per heavy atom. The van der Waals surface area contributed by atoms with Crippen LogP contribution in [0, 0.1) is 25.2 Å². The molecule has 0 unspecified atom stereocenters. The fourth-order valence-electron chi connectivity index (χ4n) is 1.46. The first kappa shape index (κ1) is 11.8. The van der Waals surface area contributed by atoms with Crippen LogP contribution in [-0.4, -0.2) is 10.4 Å². The van der Waals surface area contributed by atoms with Crippen LogP contribution >= 0.6 is 0 Å². The number of rotatable bonds is 2. The van der Waals surface area contributed by atoms with E-state index in [1.54, 1.807) is 19.9 Å². The second kappa shape index (κ2) is 4.49. The summed E-state index contributed by atoms with van der Waals surface area (Å²) in [4.78, 5) is 11.9. The minimum atomic E-state index is -0.369. The minimum absolute atomic E-state index is 0.0934. The van der Waals surface area contributed by atoms with Crippen molar-refractivity contribution < 1.29 is 0 Å². The zero-order valence-corrected chi connectivity index (χ0v) is 9.19. The molecule has 0 atom stereocenters. The van der Waals surface area contributed by atoms with E-state index in [1.807, 2.05) is 6.07 Å². The first-order valence-corrected chi connectivity index (χ1v) is 4.64. The summed E-state index contributed by atoms with van der Waals surface area (Å²) < 4.78 is 1.37. The summed E-state index contributed by atoms with van der Waals surface area (Å²) in [6.07, 6.45) is 0. The number of nitriles is 1. The predicted octanol–water partition coefficient (Wildman–Crippen LogP) is -0.432. The van der Waals surface area contributed by atoms with Crippen LogP contribution in [0.3, 0.4) is 0 Å². The fourth-order valence-corrected chi connectivity index (χ4v) is 1.46. The Morgan fingerprint density at radius 2 is 2.25 bits per heavy atom. The Balaban J connectivity index is 3.42. The van der Waals surface area contributed by atoms with Gasteiger partial charge in [-0.25, -0.2) is 0 Å².